The van der Waals surface area contributed by atoms with E-state index >= 15 is 0 Å². The summed E-state index contributed by atoms with van der Waals surface area (Å²) in [6.07, 6.45) is 2.06. The molecule has 0 radical (unpaired) electrons. The van der Waals surface area contributed by atoms with E-state index in [9.17, 15) is 4.79 Å². The summed E-state index contributed by atoms with van der Waals surface area (Å²) in [5.41, 5.74) is 5.45. The Kier molecular flexibility index (Phi) is 4.62. The van der Waals surface area contributed by atoms with Gasteiger partial charge in [0.2, 0.25) is 5.91 Å². The number of likely N-dealkylation sites (tertiary alicyclic amines) is 1. The van der Waals surface area contributed by atoms with Crippen LogP contribution < -0.4 is 0 Å². The van der Waals surface area contributed by atoms with E-state index in [1.807, 2.05) is 36.4 Å². The molecule has 1 saturated heterocycles. The Balaban J connectivity index is 1.43. The number of benzene rings is 3. The predicted octanol–water partition coefficient (Wildman–Crippen LogP) is 5.33. The summed E-state index contributed by atoms with van der Waals surface area (Å²) in [5.74, 6) is 0.165. The van der Waals surface area contributed by atoms with Crippen LogP contribution in [0.4, 0.5) is 0 Å². The number of ether oxygens (including phenoxy) is 1. The molecule has 3 aromatic carbocycles. The fraction of sp³-hybridized carbons (Fsp3) is 0.250. The molecule has 1 N–H and O–H groups in total. The molecule has 6 rings (SSSR count). The summed E-state index contributed by atoms with van der Waals surface area (Å²) >= 11 is 0. The number of aryl methyl sites for hydroxylation is 1. The van der Waals surface area contributed by atoms with Crippen molar-refractivity contribution in [1.29, 1.82) is 0 Å². The van der Waals surface area contributed by atoms with Crippen LogP contribution in [0, 0.1) is 0 Å². The van der Waals surface area contributed by atoms with E-state index in [4.69, 9.17) is 4.74 Å². The number of hydrogen-bond acceptors (Lipinski definition) is 2. The Hall–Kier alpha value is -3.37. The number of amides is 1. The maximum atomic E-state index is 13.4. The van der Waals surface area contributed by atoms with Crippen LogP contribution in [0.15, 0.2) is 84.9 Å². The summed E-state index contributed by atoms with van der Waals surface area (Å²) in [4.78, 5) is 19.2. The van der Waals surface area contributed by atoms with Crippen LogP contribution in [0.2, 0.25) is 0 Å². The highest BCUT2D eigenvalue weighted by molar-refractivity contribution is 5.88. The second-order valence-corrected chi connectivity index (χ2v) is 8.90. The smallest absolute Gasteiger partial charge is 0.226 e. The fourth-order valence-electron chi connectivity index (χ4n) is 5.66. The first-order valence-electron chi connectivity index (χ1n) is 11.4. The maximum Gasteiger partial charge on any atom is 0.226 e. The van der Waals surface area contributed by atoms with Gasteiger partial charge in [-0.2, -0.15) is 0 Å². The lowest BCUT2D eigenvalue weighted by molar-refractivity contribution is -0.133. The molecule has 1 fully saturated rings. The number of aromatic nitrogens is 1. The first-order chi connectivity index (χ1) is 15.8. The molecule has 1 spiro atoms. The van der Waals surface area contributed by atoms with Crippen LogP contribution in [-0.4, -0.2) is 21.9 Å². The number of carbonyl (C=O) groups is 1. The first kappa shape index (κ1) is 19.3. The minimum Gasteiger partial charge on any atom is -0.370 e. The molecule has 0 bridgehead atoms. The molecule has 0 unspecified atom stereocenters. The second-order valence-electron chi connectivity index (χ2n) is 8.90. The van der Waals surface area contributed by atoms with E-state index in [2.05, 4.69) is 58.4 Å². The molecular weight excluding hydrogens is 396 g/mol. The predicted molar refractivity (Wildman–Crippen MR) is 125 cm³/mol. The number of rotatable bonds is 5. The third kappa shape index (κ3) is 2.98. The molecule has 4 nitrogen and oxygen atoms in total. The number of para-hydroxylation sites is 1. The average Bonchev–Trinajstić information content (AvgIpc) is 3.47. The topological polar surface area (TPSA) is 45.3 Å². The molecule has 1 aliphatic carbocycles. The van der Waals surface area contributed by atoms with Crippen LogP contribution in [0.1, 0.15) is 35.2 Å². The zero-order valence-corrected chi connectivity index (χ0v) is 18.0. The SMILES string of the molecule is O=C1C[C@H](OCc2ccccc2)[C@]2(CCc3c2[nH]c2ccccc32)N1Cc1ccccc1. The summed E-state index contributed by atoms with van der Waals surface area (Å²) in [7, 11) is 0. The molecule has 4 heteroatoms. The highest BCUT2D eigenvalue weighted by Crippen LogP contribution is 2.52. The van der Waals surface area contributed by atoms with Gasteiger partial charge in [-0.25, -0.2) is 0 Å². The molecule has 2 atom stereocenters. The largest absolute Gasteiger partial charge is 0.370 e. The Labute approximate surface area is 187 Å². The molecule has 1 aromatic heterocycles. The molecule has 160 valence electrons. The summed E-state index contributed by atoms with van der Waals surface area (Å²) in [5, 5.41) is 1.26. The van der Waals surface area contributed by atoms with Crippen molar-refractivity contribution in [1.82, 2.24) is 9.88 Å². The molecule has 2 aliphatic rings. The van der Waals surface area contributed by atoms with Crippen LogP contribution in [0.3, 0.4) is 0 Å². The normalized spacial score (nSPS) is 22.2. The van der Waals surface area contributed by atoms with E-state index in [1.165, 1.54) is 16.6 Å². The molecule has 1 aliphatic heterocycles. The lowest BCUT2D eigenvalue weighted by Gasteiger charge is -2.39. The molecule has 1 amide bonds. The fourth-order valence-corrected chi connectivity index (χ4v) is 5.66. The van der Waals surface area contributed by atoms with Gasteiger partial charge in [-0.05, 0) is 35.6 Å². The van der Waals surface area contributed by atoms with Gasteiger partial charge >= 0.3 is 0 Å². The van der Waals surface area contributed by atoms with E-state index in [0.29, 0.717) is 19.6 Å². The van der Waals surface area contributed by atoms with Crippen molar-refractivity contribution >= 4 is 16.8 Å². The number of hydrogen-bond donors (Lipinski definition) is 1. The number of H-pyrrole nitrogens is 1. The zero-order valence-electron chi connectivity index (χ0n) is 18.0. The van der Waals surface area contributed by atoms with Gasteiger partial charge in [-0.3, -0.25) is 4.79 Å². The van der Waals surface area contributed by atoms with E-state index in [0.717, 1.165) is 29.5 Å². The van der Waals surface area contributed by atoms with Crippen molar-refractivity contribution in [3.63, 3.8) is 0 Å². The van der Waals surface area contributed by atoms with Gasteiger partial charge in [0.1, 0.15) is 5.54 Å². The number of nitrogens with zero attached hydrogens (tertiary/aromatic N) is 1. The lowest BCUT2D eigenvalue weighted by Crippen LogP contribution is -2.47. The lowest BCUT2D eigenvalue weighted by atomic mass is 9.89. The molecular formula is C28H26N2O2. The first-order valence-corrected chi connectivity index (χ1v) is 11.4. The highest BCUT2D eigenvalue weighted by atomic mass is 16.5. The van der Waals surface area contributed by atoms with Crippen molar-refractivity contribution in [2.45, 2.75) is 44.1 Å². The minimum absolute atomic E-state index is 0.165. The number of nitrogens with one attached hydrogen (secondary N) is 1. The third-order valence-corrected chi connectivity index (χ3v) is 7.16. The Morgan fingerprint density at radius 1 is 0.906 bits per heavy atom. The van der Waals surface area contributed by atoms with Crippen LogP contribution in [0.25, 0.3) is 10.9 Å². The monoisotopic (exact) mass is 422 g/mol. The minimum atomic E-state index is -0.462. The van der Waals surface area contributed by atoms with Crippen LogP contribution in [-0.2, 0) is 34.6 Å². The van der Waals surface area contributed by atoms with Crippen molar-refractivity contribution in [2.75, 3.05) is 0 Å². The summed E-state index contributed by atoms with van der Waals surface area (Å²) in [6.45, 7) is 1.11. The van der Waals surface area contributed by atoms with Crippen molar-refractivity contribution in [2.24, 2.45) is 0 Å². The van der Waals surface area contributed by atoms with Crippen molar-refractivity contribution < 1.29 is 9.53 Å². The van der Waals surface area contributed by atoms with Gasteiger partial charge in [-0.1, -0.05) is 78.9 Å². The maximum absolute atomic E-state index is 13.4. The van der Waals surface area contributed by atoms with Gasteiger partial charge in [0, 0.05) is 23.1 Å². The van der Waals surface area contributed by atoms with E-state index < -0.39 is 5.54 Å². The number of aromatic amines is 1. The average molecular weight is 423 g/mol. The molecule has 4 aromatic rings. The molecule has 0 saturated carbocycles. The quantitative estimate of drug-likeness (QED) is 0.473. The van der Waals surface area contributed by atoms with Gasteiger partial charge in [0.25, 0.3) is 0 Å². The van der Waals surface area contributed by atoms with Gasteiger partial charge in [-0.15, -0.1) is 0 Å². The second kappa shape index (κ2) is 7.64. The zero-order chi connectivity index (χ0) is 21.5. The highest BCUT2D eigenvalue weighted by Gasteiger charge is 2.58. The Bertz CT molecular complexity index is 1260. The van der Waals surface area contributed by atoms with Gasteiger partial charge in [0.05, 0.1) is 19.1 Å². The summed E-state index contributed by atoms with van der Waals surface area (Å²) < 4.78 is 6.54. The van der Waals surface area contributed by atoms with Crippen LogP contribution in [0.5, 0.6) is 0 Å². The van der Waals surface area contributed by atoms with Crippen molar-refractivity contribution in [3.8, 4) is 0 Å². The molecule has 32 heavy (non-hydrogen) atoms. The molecule has 2 heterocycles. The Morgan fingerprint density at radius 3 is 2.38 bits per heavy atom. The number of carbonyl (C=O) groups excluding carboxylic acids is 1. The van der Waals surface area contributed by atoms with Crippen LogP contribution >= 0.6 is 0 Å². The van der Waals surface area contributed by atoms with E-state index in [-0.39, 0.29) is 12.0 Å². The van der Waals surface area contributed by atoms with Gasteiger partial charge < -0.3 is 14.6 Å². The number of fused-ring (bicyclic) bond motifs is 4. The van der Waals surface area contributed by atoms with Crippen molar-refractivity contribution in [3.05, 3.63) is 107 Å². The summed E-state index contributed by atoms with van der Waals surface area (Å²) in [6, 6.07) is 29.0. The Morgan fingerprint density at radius 2 is 1.59 bits per heavy atom. The third-order valence-electron chi connectivity index (χ3n) is 7.16. The van der Waals surface area contributed by atoms with Gasteiger partial charge in [0.15, 0.2) is 0 Å². The van der Waals surface area contributed by atoms with E-state index in [1.54, 1.807) is 0 Å². The standard InChI is InChI=1S/C28H26N2O2/c31-26-17-25(32-19-21-11-5-2-6-12-21)28(30(26)18-20-9-3-1-4-10-20)16-15-23-22-13-7-8-14-24(22)29-27(23)28/h1-14,25,29H,15-19H2/t25-,28-/m0/s1.